The van der Waals surface area contributed by atoms with Gasteiger partial charge < -0.3 is 15.5 Å². The van der Waals surface area contributed by atoms with Gasteiger partial charge in [-0.1, -0.05) is 6.92 Å². The Balaban J connectivity index is 1.52. The molecule has 2 aromatic heterocycles. The molecule has 1 aliphatic rings. The van der Waals surface area contributed by atoms with Crippen molar-refractivity contribution in [2.24, 2.45) is 5.92 Å². The number of nitrogens with one attached hydrogen (secondary N) is 3. The topological polar surface area (TPSA) is 133 Å². The third-order valence-electron chi connectivity index (χ3n) is 4.70. The zero-order valence-electron chi connectivity index (χ0n) is 15.4. The first-order valence-electron chi connectivity index (χ1n) is 8.94. The van der Waals surface area contributed by atoms with E-state index in [-0.39, 0.29) is 41.8 Å². The third-order valence-corrected chi connectivity index (χ3v) is 4.70. The number of rotatable bonds is 5. The van der Waals surface area contributed by atoms with Gasteiger partial charge in [-0.15, -0.1) is 5.10 Å². The van der Waals surface area contributed by atoms with Crippen LogP contribution >= 0.6 is 0 Å². The summed E-state index contributed by atoms with van der Waals surface area (Å²) in [6.07, 6.45) is 0.954. The van der Waals surface area contributed by atoms with Gasteiger partial charge in [0.15, 0.2) is 0 Å². The molecule has 1 fully saturated rings. The van der Waals surface area contributed by atoms with Gasteiger partial charge in [0.05, 0.1) is 0 Å². The predicted octanol–water partition coefficient (Wildman–Crippen LogP) is -0.154. The van der Waals surface area contributed by atoms with Crippen LogP contribution in [0, 0.1) is 5.92 Å². The summed E-state index contributed by atoms with van der Waals surface area (Å²) >= 11 is 0. The number of H-pyrrole nitrogens is 1. The number of nitrogens with zero attached hydrogens (tertiary/aromatic N) is 4. The summed E-state index contributed by atoms with van der Waals surface area (Å²) in [5.74, 6) is -0.279. The van der Waals surface area contributed by atoms with E-state index in [0.717, 1.165) is 0 Å². The number of amides is 3. The molecule has 27 heavy (non-hydrogen) atoms. The van der Waals surface area contributed by atoms with E-state index in [1.54, 1.807) is 17.0 Å². The summed E-state index contributed by atoms with van der Waals surface area (Å²) in [5.41, 5.74) is 1.29. The first-order chi connectivity index (χ1) is 12.9. The smallest absolute Gasteiger partial charge is 0.270 e. The molecule has 2 atom stereocenters. The number of carbonyl (C=O) groups excluding carboxylic acids is 3. The lowest BCUT2D eigenvalue weighted by Gasteiger charge is -2.37. The Morgan fingerprint density at radius 3 is 2.85 bits per heavy atom. The third kappa shape index (κ3) is 4.57. The average molecular weight is 373 g/mol. The number of carbonyl (C=O) groups is 3. The second kappa shape index (κ2) is 8.11. The minimum Gasteiger partial charge on any atom is -0.356 e. The number of aromatic nitrogens is 4. The number of hydrogen-bond donors (Lipinski definition) is 3. The van der Waals surface area contributed by atoms with Gasteiger partial charge in [0.1, 0.15) is 11.2 Å². The van der Waals surface area contributed by atoms with Gasteiger partial charge >= 0.3 is 0 Å². The van der Waals surface area contributed by atoms with Gasteiger partial charge in [0, 0.05) is 39.0 Å². The zero-order chi connectivity index (χ0) is 19.4. The molecular formula is C17H23N7O3. The average Bonchev–Trinajstić information content (AvgIpc) is 3.10. The molecule has 0 spiro atoms. The zero-order valence-corrected chi connectivity index (χ0v) is 15.4. The maximum absolute atomic E-state index is 12.5. The summed E-state index contributed by atoms with van der Waals surface area (Å²) in [6, 6.07) is 3.28. The van der Waals surface area contributed by atoms with Crippen molar-refractivity contribution >= 4 is 28.9 Å². The Kier molecular flexibility index (Phi) is 5.63. The molecule has 2 aromatic rings. The lowest BCUT2D eigenvalue weighted by Crippen LogP contribution is -2.51. The number of hydrogen-bond acceptors (Lipinski definition) is 6. The number of pyridine rings is 1. The molecule has 144 valence electrons. The second-order valence-corrected chi connectivity index (χ2v) is 6.78. The highest BCUT2D eigenvalue weighted by Crippen LogP contribution is 2.18. The van der Waals surface area contributed by atoms with Gasteiger partial charge in [-0.05, 0) is 24.5 Å². The Morgan fingerprint density at radius 1 is 1.30 bits per heavy atom. The van der Waals surface area contributed by atoms with Crippen molar-refractivity contribution in [1.82, 2.24) is 35.9 Å². The van der Waals surface area contributed by atoms with E-state index in [9.17, 15) is 14.4 Å². The Morgan fingerprint density at radius 2 is 2.11 bits per heavy atom. The Labute approximate surface area is 156 Å². The van der Waals surface area contributed by atoms with Crippen molar-refractivity contribution < 1.29 is 14.4 Å². The minimum atomic E-state index is -0.262. The highest BCUT2D eigenvalue weighted by molar-refractivity contribution is 5.94. The van der Waals surface area contributed by atoms with Gasteiger partial charge in [-0.2, -0.15) is 10.3 Å². The second-order valence-electron chi connectivity index (χ2n) is 6.78. The van der Waals surface area contributed by atoms with Crippen LogP contribution in [0.5, 0.6) is 0 Å². The van der Waals surface area contributed by atoms with E-state index in [1.165, 1.54) is 6.92 Å². The van der Waals surface area contributed by atoms with Crippen molar-refractivity contribution in [3.05, 3.63) is 17.8 Å². The van der Waals surface area contributed by atoms with Crippen LogP contribution < -0.4 is 10.6 Å². The Bertz CT molecular complexity index is 850. The van der Waals surface area contributed by atoms with Crippen LogP contribution in [0.15, 0.2) is 12.1 Å². The van der Waals surface area contributed by atoms with Crippen LogP contribution in [0.3, 0.4) is 0 Å². The quantitative estimate of drug-likeness (QED) is 0.667. The van der Waals surface area contributed by atoms with E-state index >= 15 is 0 Å². The molecule has 2 unspecified atom stereocenters. The molecule has 3 amide bonds. The van der Waals surface area contributed by atoms with Crippen molar-refractivity contribution in [2.45, 2.75) is 32.7 Å². The minimum absolute atomic E-state index is 0.0125. The summed E-state index contributed by atoms with van der Waals surface area (Å²) in [5, 5.41) is 15.9. The van der Waals surface area contributed by atoms with Crippen molar-refractivity contribution in [1.29, 1.82) is 0 Å². The van der Waals surface area contributed by atoms with E-state index in [1.807, 2.05) is 6.92 Å². The van der Waals surface area contributed by atoms with Crippen LogP contribution in [0.1, 0.15) is 37.2 Å². The van der Waals surface area contributed by atoms with Crippen LogP contribution in [0.25, 0.3) is 11.2 Å². The molecular weight excluding hydrogens is 350 g/mol. The van der Waals surface area contributed by atoms with Crippen molar-refractivity contribution in [3.8, 4) is 0 Å². The number of aromatic amines is 1. The van der Waals surface area contributed by atoms with E-state index in [0.29, 0.717) is 37.2 Å². The molecule has 10 nitrogen and oxygen atoms in total. The SMILES string of the molecule is CC(=O)NCCC(=O)N1CCC(NC(=O)c2ccc3n[nH]nc3n2)C(C)C1. The predicted molar refractivity (Wildman–Crippen MR) is 96.6 cm³/mol. The van der Waals surface area contributed by atoms with Crippen LogP contribution in [-0.2, 0) is 9.59 Å². The molecule has 0 radical (unpaired) electrons. The van der Waals surface area contributed by atoms with Crippen LogP contribution in [0.2, 0.25) is 0 Å². The van der Waals surface area contributed by atoms with Gasteiger partial charge in [-0.3, -0.25) is 14.4 Å². The van der Waals surface area contributed by atoms with Crippen molar-refractivity contribution in [3.63, 3.8) is 0 Å². The molecule has 3 heterocycles. The normalized spacial score (nSPS) is 19.7. The fourth-order valence-electron chi connectivity index (χ4n) is 3.20. The van der Waals surface area contributed by atoms with E-state index < -0.39 is 0 Å². The van der Waals surface area contributed by atoms with Gasteiger partial charge in [-0.25, -0.2) is 4.98 Å². The summed E-state index contributed by atoms with van der Waals surface area (Å²) in [6.45, 7) is 4.92. The van der Waals surface area contributed by atoms with Gasteiger partial charge in [0.25, 0.3) is 5.91 Å². The molecule has 3 N–H and O–H groups in total. The lowest BCUT2D eigenvalue weighted by atomic mass is 9.93. The summed E-state index contributed by atoms with van der Waals surface area (Å²) in [4.78, 5) is 41.6. The number of fused-ring (bicyclic) bond motifs is 1. The number of likely N-dealkylation sites (tertiary alicyclic amines) is 1. The summed E-state index contributed by atoms with van der Waals surface area (Å²) < 4.78 is 0. The molecule has 3 rings (SSSR count). The van der Waals surface area contributed by atoms with Crippen LogP contribution in [0.4, 0.5) is 0 Å². The van der Waals surface area contributed by atoms with Crippen molar-refractivity contribution in [2.75, 3.05) is 19.6 Å². The first kappa shape index (κ1) is 18.7. The maximum atomic E-state index is 12.5. The fraction of sp³-hybridized carbons (Fsp3) is 0.529. The first-order valence-corrected chi connectivity index (χ1v) is 8.94. The fourth-order valence-corrected chi connectivity index (χ4v) is 3.20. The molecule has 1 aliphatic heterocycles. The number of piperidine rings is 1. The van der Waals surface area contributed by atoms with Gasteiger partial charge in [0.2, 0.25) is 17.5 Å². The standard InChI is InChI=1S/C17H23N7O3/c1-10-9-24(15(26)5-7-18-11(2)25)8-6-12(10)20-17(27)14-4-3-13-16(19-14)22-23-21-13/h3-4,10,12H,5-9H2,1-2H3,(H,18,25)(H,20,27)(H,19,21,22,23). The molecule has 0 saturated carbocycles. The monoisotopic (exact) mass is 373 g/mol. The molecule has 0 bridgehead atoms. The van der Waals surface area contributed by atoms with E-state index in [4.69, 9.17) is 0 Å². The highest BCUT2D eigenvalue weighted by Gasteiger charge is 2.30. The maximum Gasteiger partial charge on any atom is 0.270 e. The van der Waals surface area contributed by atoms with Crippen LogP contribution in [-0.4, -0.2) is 68.7 Å². The molecule has 10 heteroatoms. The Hall–Kier alpha value is -3.04. The van der Waals surface area contributed by atoms with E-state index in [2.05, 4.69) is 31.0 Å². The molecule has 0 aromatic carbocycles. The highest BCUT2D eigenvalue weighted by atomic mass is 16.2. The summed E-state index contributed by atoms with van der Waals surface area (Å²) in [7, 11) is 0. The molecule has 1 saturated heterocycles. The molecule has 0 aliphatic carbocycles. The largest absolute Gasteiger partial charge is 0.356 e. The lowest BCUT2D eigenvalue weighted by molar-refractivity contribution is -0.133.